The maximum atomic E-state index is 13.3. The van der Waals surface area contributed by atoms with E-state index in [4.69, 9.17) is 4.74 Å². The molecule has 0 aliphatic heterocycles. The zero-order valence-electron chi connectivity index (χ0n) is 24.0. The number of nitrogens with one attached hydrogen (secondary N) is 2. The van der Waals surface area contributed by atoms with Crippen LogP contribution in [-0.4, -0.2) is 60.8 Å². The minimum atomic E-state index is -1.06. The zero-order valence-corrected chi connectivity index (χ0v) is 24.0. The Bertz CT molecular complexity index is 1350. The molecule has 8 nitrogen and oxygen atoms in total. The molecule has 3 N–H and O–H groups in total. The van der Waals surface area contributed by atoms with E-state index in [2.05, 4.69) is 34.9 Å². The number of likely N-dealkylation sites (N-methyl/N-ethyl adjacent to an activating group) is 1. The second-order valence-corrected chi connectivity index (χ2v) is 11.4. The monoisotopic (exact) mass is 569 g/mol. The topological polar surface area (TPSA) is 108 Å². The maximum absolute atomic E-state index is 13.3. The Morgan fingerprint density at radius 1 is 0.905 bits per heavy atom. The van der Waals surface area contributed by atoms with Crippen LogP contribution in [0.25, 0.3) is 11.1 Å². The Balaban J connectivity index is 1.13. The first-order valence-corrected chi connectivity index (χ1v) is 14.7. The number of fused-ring (bicyclic) bond motifs is 3. The lowest BCUT2D eigenvalue weighted by molar-refractivity contribution is -0.143. The van der Waals surface area contributed by atoms with E-state index in [1.807, 2.05) is 66.5 Å². The van der Waals surface area contributed by atoms with E-state index in [0.29, 0.717) is 19.5 Å². The lowest BCUT2D eigenvalue weighted by Crippen LogP contribution is -2.51. The summed E-state index contributed by atoms with van der Waals surface area (Å²) in [4.78, 5) is 40.0. The molecular formula is C34H39N3O5. The molecule has 0 saturated heterocycles. The van der Waals surface area contributed by atoms with Gasteiger partial charge in [0, 0.05) is 31.5 Å². The second kappa shape index (κ2) is 13.7. The number of carboxylic acids is 1. The van der Waals surface area contributed by atoms with Crippen molar-refractivity contribution in [3.8, 4) is 11.1 Å². The Labute approximate surface area is 247 Å². The number of amides is 2. The minimum absolute atomic E-state index is 0.0238. The van der Waals surface area contributed by atoms with Crippen molar-refractivity contribution in [3.05, 3.63) is 95.6 Å². The van der Waals surface area contributed by atoms with Crippen LogP contribution in [0.1, 0.15) is 48.3 Å². The summed E-state index contributed by atoms with van der Waals surface area (Å²) in [6, 6.07) is 25.2. The molecule has 0 spiro atoms. The van der Waals surface area contributed by atoms with Crippen LogP contribution >= 0.6 is 0 Å². The quantitative estimate of drug-likeness (QED) is 0.299. The molecule has 3 aromatic carbocycles. The van der Waals surface area contributed by atoms with Crippen LogP contribution in [0.15, 0.2) is 78.9 Å². The van der Waals surface area contributed by atoms with Crippen molar-refractivity contribution >= 4 is 18.0 Å². The number of rotatable bonds is 11. The fourth-order valence-corrected chi connectivity index (χ4v) is 6.40. The lowest BCUT2D eigenvalue weighted by Gasteiger charge is -2.32. The number of hydrogen-bond donors (Lipinski definition) is 3. The van der Waals surface area contributed by atoms with Crippen LogP contribution in [0.3, 0.4) is 0 Å². The van der Waals surface area contributed by atoms with Gasteiger partial charge in [0.15, 0.2) is 0 Å². The molecule has 42 heavy (non-hydrogen) atoms. The van der Waals surface area contributed by atoms with Gasteiger partial charge in [-0.2, -0.15) is 0 Å². The molecule has 220 valence electrons. The third kappa shape index (κ3) is 6.99. The highest BCUT2D eigenvalue weighted by atomic mass is 16.5. The number of alkyl carbamates (subject to hydrolysis) is 1. The molecule has 8 heteroatoms. The third-order valence-electron chi connectivity index (χ3n) is 8.50. The molecule has 1 unspecified atom stereocenters. The van der Waals surface area contributed by atoms with E-state index < -0.39 is 18.1 Å². The van der Waals surface area contributed by atoms with E-state index in [-0.39, 0.29) is 36.8 Å². The number of hydrogen-bond acceptors (Lipinski definition) is 5. The van der Waals surface area contributed by atoms with Gasteiger partial charge in [-0.25, -0.2) is 9.59 Å². The minimum Gasteiger partial charge on any atom is -0.480 e. The van der Waals surface area contributed by atoms with Crippen LogP contribution < -0.4 is 10.6 Å². The van der Waals surface area contributed by atoms with Crippen molar-refractivity contribution in [1.29, 1.82) is 0 Å². The summed E-state index contributed by atoms with van der Waals surface area (Å²) < 4.78 is 5.68. The molecule has 0 heterocycles. The summed E-state index contributed by atoms with van der Waals surface area (Å²) in [6.07, 6.45) is 2.80. The average molecular weight is 570 g/mol. The van der Waals surface area contributed by atoms with Crippen LogP contribution in [0, 0.1) is 11.8 Å². The molecule has 3 aromatic rings. The molecule has 5 rings (SSSR count). The summed E-state index contributed by atoms with van der Waals surface area (Å²) in [6.45, 7) is 1.30. The Morgan fingerprint density at radius 2 is 1.52 bits per heavy atom. The van der Waals surface area contributed by atoms with Crippen LogP contribution in [0.5, 0.6) is 0 Å². The Morgan fingerprint density at radius 3 is 2.19 bits per heavy atom. The summed E-state index contributed by atoms with van der Waals surface area (Å²) in [5.74, 6) is -1.81. The van der Waals surface area contributed by atoms with Crippen molar-refractivity contribution in [2.75, 3.05) is 26.7 Å². The Kier molecular flexibility index (Phi) is 9.54. The summed E-state index contributed by atoms with van der Waals surface area (Å²) in [7, 11) is 1.84. The molecule has 0 radical (unpaired) electrons. The average Bonchev–Trinajstić information content (AvgIpc) is 3.32. The van der Waals surface area contributed by atoms with Gasteiger partial charge in [-0.05, 0) is 53.6 Å². The fraction of sp³-hybridized carbons (Fsp3) is 0.382. The van der Waals surface area contributed by atoms with Crippen molar-refractivity contribution in [2.45, 2.75) is 44.2 Å². The van der Waals surface area contributed by atoms with E-state index in [9.17, 15) is 19.5 Å². The standard InChI is InChI=1S/C34H39N3O5/c1-37(20-23-11-3-2-4-12-23)21-31(33(39)40)36-32(38)25-14-6-5-13-24(25)19-35-34(41)42-22-30-28-17-9-7-15-26(28)27-16-8-10-18-29(27)30/h2-4,7-12,15-18,24-25,30-31H,5-6,13-14,19-22H2,1H3,(H,35,41)(H,36,38)(H,39,40)/t24-,25-,31?/m0/s1. The molecule has 0 aromatic heterocycles. The van der Waals surface area contributed by atoms with E-state index >= 15 is 0 Å². The van der Waals surface area contributed by atoms with Crippen LogP contribution in [-0.2, 0) is 20.9 Å². The van der Waals surface area contributed by atoms with Crippen LogP contribution in [0.2, 0.25) is 0 Å². The molecule has 1 saturated carbocycles. The Hall–Kier alpha value is -4.17. The predicted molar refractivity (Wildman–Crippen MR) is 161 cm³/mol. The van der Waals surface area contributed by atoms with E-state index in [1.54, 1.807) is 0 Å². The molecule has 1 fully saturated rings. The smallest absolute Gasteiger partial charge is 0.407 e. The largest absolute Gasteiger partial charge is 0.480 e. The number of carbonyl (C=O) groups excluding carboxylic acids is 2. The highest BCUT2D eigenvalue weighted by molar-refractivity contribution is 5.85. The van der Waals surface area contributed by atoms with E-state index in [0.717, 1.165) is 36.0 Å². The van der Waals surface area contributed by atoms with Gasteiger partial charge in [-0.1, -0.05) is 91.7 Å². The normalized spacial score (nSPS) is 18.5. The van der Waals surface area contributed by atoms with Gasteiger partial charge in [0.2, 0.25) is 5.91 Å². The zero-order chi connectivity index (χ0) is 29.5. The van der Waals surface area contributed by atoms with Crippen LogP contribution in [0.4, 0.5) is 4.79 Å². The van der Waals surface area contributed by atoms with Crippen molar-refractivity contribution in [1.82, 2.24) is 15.5 Å². The molecule has 2 aliphatic rings. The number of ether oxygens (including phenoxy) is 1. The van der Waals surface area contributed by atoms with Gasteiger partial charge < -0.3 is 20.5 Å². The van der Waals surface area contributed by atoms with Gasteiger partial charge in [0.1, 0.15) is 12.6 Å². The predicted octanol–water partition coefficient (Wildman–Crippen LogP) is 5.03. The van der Waals surface area contributed by atoms with Crippen molar-refractivity contribution in [3.63, 3.8) is 0 Å². The first kappa shape index (κ1) is 29.3. The highest BCUT2D eigenvalue weighted by Gasteiger charge is 2.34. The summed E-state index contributed by atoms with van der Waals surface area (Å²) >= 11 is 0. The van der Waals surface area contributed by atoms with E-state index in [1.165, 1.54) is 11.1 Å². The number of carboxylic acid groups (broad SMARTS) is 1. The summed E-state index contributed by atoms with van der Waals surface area (Å²) in [5, 5.41) is 15.5. The molecule has 0 bridgehead atoms. The van der Waals surface area contributed by atoms with Gasteiger partial charge in [-0.3, -0.25) is 9.69 Å². The highest BCUT2D eigenvalue weighted by Crippen LogP contribution is 2.44. The first-order valence-electron chi connectivity index (χ1n) is 14.7. The van der Waals surface area contributed by atoms with Gasteiger partial charge >= 0.3 is 12.1 Å². The summed E-state index contributed by atoms with van der Waals surface area (Å²) in [5.41, 5.74) is 5.71. The SMILES string of the molecule is CN(Cc1ccccc1)CC(NC(=O)[C@H]1CCCC[C@H]1CNC(=O)OCC1c2ccccc2-c2ccccc21)C(=O)O. The number of nitrogens with zero attached hydrogens (tertiary/aromatic N) is 1. The van der Waals surface area contributed by atoms with Crippen molar-refractivity contribution < 1.29 is 24.2 Å². The second-order valence-electron chi connectivity index (χ2n) is 11.4. The number of benzene rings is 3. The lowest BCUT2D eigenvalue weighted by atomic mass is 9.78. The van der Waals surface area contributed by atoms with Gasteiger partial charge in [0.25, 0.3) is 0 Å². The first-order chi connectivity index (χ1) is 20.4. The molecule has 2 amide bonds. The number of carbonyl (C=O) groups is 3. The van der Waals surface area contributed by atoms with Crippen molar-refractivity contribution in [2.24, 2.45) is 11.8 Å². The molecule has 3 atom stereocenters. The third-order valence-corrected chi connectivity index (χ3v) is 8.50. The molecular weight excluding hydrogens is 530 g/mol. The van der Waals surface area contributed by atoms with Gasteiger partial charge in [0.05, 0.1) is 0 Å². The fourth-order valence-electron chi connectivity index (χ4n) is 6.40. The maximum Gasteiger partial charge on any atom is 0.407 e. The van der Waals surface area contributed by atoms with Gasteiger partial charge in [-0.15, -0.1) is 0 Å². The number of aliphatic carboxylic acids is 1. The molecule has 2 aliphatic carbocycles.